The fourth-order valence-electron chi connectivity index (χ4n) is 7.36. The molecule has 0 aliphatic carbocycles. The van der Waals surface area contributed by atoms with E-state index in [2.05, 4.69) is 43.5 Å². The number of rotatable bonds is 39. The van der Waals surface area contributed by atoms with Gasteiger partial charge >= 0.3 is 0 Å². The first kappa shape index (κ1) is 53.4. The third kappa shape index (κ3) is 29.3. The summed E-state index contributed by atoms with van der Waals surface area (Å²) in [5, 5.41) is 54.2. The molecule has 0 spiro atoms. The largest absolute Gasteiger partial charge is 0.394 e. The Balaban J connectivity index is 2.36. The van der Waals surface area contributed by atoms with Crippen molar-refractivity contribution >= 4 is 5.91 Å². The van der Waals surface area contributed by atoms with Crippen molar-refractivity contribution in [1.82, 2.24) is 5.32 Å². The Bertz CT molecular complexity index is 987. The monoisotopic (exact) mass is 808 g/mol. The van der Waals surface area contributed by atoms with Crippen LogP contribution in [0.4, 0.5) is 0 Å². The topological polar surface area (TPSA) is 149 Å². The van der Waals surface area contributed by atoms with E-state index in [1.165, 1.54) is 122 Å². The van der Waals surface area contributed by atoms with Gasteiger partial charge in [0.2, 0.25) is 5.91 Å². The Labute approximate surface area is 349 Å². The van der Waals surface area contributed by atoms with Gasteiger partial charge < -0.3 is 40.3 Å². The van der Waals surface area contributed by atoms with Crippen molar-refractivity contribution in [2.75, 3.05) is 13.2 Å². The summed E-state index contributed by atoms with van der Waals surface area (Å²) in [5.74, 6) is -0.191. The van der Waals surface area contributed by atoms with Crippen LogP contribution in [0.15, 0.2) is 36.5 Å². The van der Waals surface area contributed by atoms with Crippen molar-refractivity contribution in [3.8, 4) is 0 Å². The van der Waals surface area contributed by atoms with Crippen molar-refractivity contribution in [2.24, 2.45) is 0 Å². The molecule has 0 radical (unpaired) electrons. The van der Waals surface area contributed by atoms with E-state index >= 15 is 0 Å². The molecule has 1 aliphatic rings. The Kier molecular flexibility index (Phi) is 36.2. The third-order valence-corrected chi connectivity index (χ3v) is 11.2. The molecule has 0 saturated carbocycles. The molecule has 1 aliphatic heterocycles. The van der Waals surface area contributed by atoms with E-state index in [0.717, 1.165) is 64.2 Å². The minimum absolute atomic E-state index is 0.191. The van der Waals surface area contributed by atoms with E-state index in [0.29, 0.717) is 6.42 Å². The smallest absolute Gasteiger partial charge is 0.220 e. The minimum Gasteiger partial charge on any atom is -0.394 e. The number of hydrogen-bond donors (Lipinski definition) is 6. The van der Waals surface area contributed by atoms with E-state index in [-0.39, 0.29) is 12.5 Å². The number of amides is 1. The molecule has 6 N–H and O–H groups in total. The van der Waals surface area contributed by atoms with Crippen LogP contribution in [0.2, 0.25) is 0 Å². The molecule has 1 saturated heterocycles. The zero-order valence-electron chi connectivity index (χ0n) is 36.6. The summed E-state index contributed by atoms with van der Waals surface area (Å²) in [6.07, 6.45) is 40.4. The highest BCUT2D eigenvalue weighted by atomic mass is 16.7. The fraction of sp³-hybridized carbons (Fsp3) is 0.854. The van der Waals surface area contributed by atoms with Crippen LogP contribution in [-0.4, -0.2) is 87.5 Å². The molecule has 7 atom stereocenters. The van der Waals surface area contributed by atoms with Gasteiger partial charge in [0.25, 0.3) is 0 Å². The van der Waals surface area contributed by atoms with Crippen LogP contribution in [0.5, 0.6) is 0 Å². The number of aliphatic hydroxyl groups is 5. The van der Waals surface area contributed by atoms with Gasteiger partial charge in [0.15, 0.2) is 6.29 Å². The minimum atomic E-state index is -1.57. The highest BCUT2D eigenvalue weighted by Gasteiger charge is 2.44. The zero-order chi connectivity index (χ0) is 41.6. The molecule has 0 bridgehead atoms. The maximum atomic E-state index is 13.0. The summed E-state index contributed by atoms with van der Waals surface area (Å²) < 4.78 is 11.2. The molecular formula is C48H89NO8. The van der Waals surface area contributed by atoms with Crippen LogP contribution < -0.4 is 5.32 Å². The van der Waals surface area contributed by atoms with Gasteiger partial charge in [0.1, 0.15) is 24.4 Å². The van der Waals surface area contributed by atoms with Gasteiger partial charge in [-0.1, -0.05) is 185 Å². The maximum Gasteiger partial charge on any atom is 0.220 e. The number of carbonyl (C=O) groups excluding carboxylic acids is 1. The van der Waals surface area contributed by atoms with Crippen LogP contribution in [0.3, 0.4) is 0 Å². The van der Waals surface area contributed by atoms with Crippen LogP contribution >= 0.6 is 0 Å². The summed E-state index contributed by atoms with van der Waals surface area (Å²) in [6.45, 7) is 3.75. The molecular weight excluding hydrogens is 719 g/mol. The number of carbonyl (C=O) groups is 1. The zero-order valence-corrected chi connectivity index (χ0v) is 36.6. The van der Waals surface area contributed by atoms with Gasteiger partial charge in [-0.3, -0.25) is 4.79 Å². The number of ether oxygens (including phenoxy) is 2. The Morgan fingerprint density at radius 1 is 0.596 bits per heavy atom. The summed E-state index contributed by atoms with van der Waals surface area (Å²) in [5.41, 5.74) is 0. The van der Waals surface area contributed by atoms with Gasteiger partial charge in [-0.05, 0) is 51.4 Å². The lowest BCUT2D eigenvalue weighted by Crippen LogP contribution is -2.60. The molecule has 334 valence electrons. The predicted molar refractivity (Wildman–Crippen MR) is 235 cm³/mol. The molecule has 0 aromatic rings. The average molecular weight is 808 g/mol. The first-order chi connectivity index (χ1) is 27.8. The number of aliphatic hydroxyl groups excluding tert-OH is 5. The molecule has 7 unspecified atom stereocenters. The molecule has 9 heteroatoms. The van der Waals surface area contributed by atoms with Crippen LogP contribution in [0.25, 0.3) is 0 Å². The fourth-order valence-corrected chi connectivity index (χ4v) is 7.36. The summed E-state index contributed by atoms with van der Waals surface area (Å²) in [6, 6.07) is -0.811. The lowest BCUT2D eigenvalue weighted by molar-refractivity contribution is -0.302. The number of nitrogens with one attached hydrogen (secondary N) is 1. The van der Waals surface area contributed by atoms with Gasteiger partial charge in [0.05, 0.1) is 25.4 Å². The van der Waals surface area contributed by atoms with Crippen molar-refractivity contribution < 1.29 is 39.8 Å². The second kappa shape index (κ2) is 38.6. The summed E-state index contributed by atoms with van der Waals surface area (Å²) in [4.78, 5) is 13.0. The van der Waals surface area contributed by atoms with Crippen molar-refractivity contribution in [1.29, 1.82) is 0 Å². The molecule has 1 heterocycles. The SMILES string of the molecule is CCCCCC/C=C\C/C=C\CCCCCCCC(=O)NC(COC1OC(CO)C(O)C(O)C1O)C(O)/C=C/CCCCCCCCCCCCCCCCCC. The van der Waals surface area contributed by atoms with Crippen molar-refractivity contribution in [3.05, 3.63) is 36.5 Å². The van der Waals surface area contributed by atoms with Crippen LogP contribution in [-0.2, 0) is 14.3 Å². The molecule has 1 amide bonds. The van der Waals surface area contributed by atoms with Gasteiger partial charge in [-0.15, -0.1) is 0 Å². The molecule has 1 fully saturated rings. The quantitative estimate of drug-likeness (QED) is 0.0266. The average Bonchev–Trinajstić information content (AvgIpc) is 3.21. The second-order valence-electron chi connectivity index (χ2n) is 16.5. The molecule has 57 heavy (non-hydrogen) atoms. The Hall–Kier alpha value is -1.59. The highest BCUT2D eigenvalue weighted by Crippen LogP contribution is 2.22. The van der Waals surface area contributed by atoms with E-state index in [9.17, 15) is 30.3 Å². The number of hydrogen-bond acceptors (Lipinski definition) is 8. The van der Waals surface area contributed by atoms with E-state index in [1.807, 2.05) is 6.08 Å². The first-order valence-electron chi connectivity index (χ1n) is 23.7. The van der Waals surface area contributed by atoms with E-state index < -0.39 is 49.5 Å². The van der Waals surface area contributed by atoms with Crippen molar-refractivity contribution in [3.63, 3.8) is 0 Å². The number of unbranched alkanes of at least 4 members (excludes halogenated alkanes) is 25. The first-order valence-corrected chi connectivity index (χ1v) is 23.7. The van der Waals surface area contributed by atoms with Crippen molar-refractivity contribution in [2.45, 2.75) is 249 Å². The molecule has 0 aromatic heterocycles. The lowest BCUT2D eigenvalue weighted by Gasteiger charge is -2.40. The standard InChI is InChI=1S/C48H89NO8/c1-3-5-7-9-11-13-15-17-19-21-22-23-25-27-29-31-33-35-37-42(51)41(40-56-48-47(55)46(54)45(53)43(39-50)57-48)49-44(52)38-36-34-32-30-28-26-24-20-18-16-14-12-10-8-6-4-2/h14,16,20,24,35,37,41-43,45-48,50-51,53-55H,3-13,15,17-19,21-23,25-34,36,38-40H2,1-2H3,(H,49,52)/b16-14-,24-20-,37-35+. The number of allylic oxidation sites excluding steroid dienone is 5. The third-order valence-electron chi connectivity index (χ3n) is 11.2. The van der Waals surface area contributed by atoms with Crippen LogP contribution in [0, 0.1) is 0 Å². The second-order valence-corrected chi connectivity index (χ2v) is 16.5. The Morgan fingerprint density at radius 3 is 1.53 bits per heavy atom. The van der Waals surface area contributed by atoms with Crippen LogP contribution in [0.1, 0.15) is 206 Å². The summed E-state index contributed by atoms with van der Waals surface area (Å²) in [7, 11) is 0. The molecule has 1 rings (SSSR count). The normalized spacial score (nSPS) is 21.3. The Morgan fingerprint density at radius 2 is 1.04 bits per heavy atom. The maximum absolute atomic E-state index is 13.0. The molecule has 9 nitrogen and oxygen atoms in total. The summed E-state index contributed by atoms with van der Waals surface area (Å²) >= 11 is 0. The molecule has 0 aromatic carbocycles. The van der Waals surface area contributed by atoms with Gasteiger partial charge in [0, 0.05) is 6.42 Å². The predicted octanol–water partition coefficient (Wildman–Crippen LogP) is 10.1. The van der Waals surface area contributed by atoms with Gasteiger partial charge in [-0.25, -0.2) is 0 Å². The van der Waals surface area contributed by atoms with E-state index in [4.69, 9.17) is 9.47 Å². The highest BCUT2D eigenvalue weighted by molar-refractivity contribution is 5.76. The van der Waals surface area contributed by atoms with E-state index in [1.54, 1.807) is 6.08 Å². The van der Waals surface area contributed by atoms with Gasteiger partial charge in [-0.2, -0.15) is 0 Å². The lowest BCUT2D eigenvalue weighted by atomic mass is 9.99.